The minimum atomic E-state index is 0.0102. The minimum absolute atomic E-state index is 0.0102. The van der Waals surface area contributed by atoms with Crippen molar-refractivity contribution in [3.8, 4) is 0 Å². The largest absolute Gasteiger partial charge is 0.293 e. The van der Waals surface area contributed by atoms with E-state index in [0.29, 0.717) is 5.69 Å². The van der Waals surface area contributed by atoms with Gasteiger partial charge in [-0.2, -0.15) is 0 Å². The highest BCUT2D eigenvalue weighted by Gasteiger charge is 2.07. The molecule has 0 unspecified atom stereocenters. The molecule has 1 aromatic carbocycles. The van der Waals surface area contributed by atoms with Crippen LogP contribution in [0.25, 0.3) is 10.8 Å². The van der Waals surface area contributed by atoms with Gasteiger partial charge in [0.1, 0.15) is 10.7 Å². The molecule has 0 radical (unpaired) electrons. The van der Waals surface area contributed by atoms with E-state index in [4.69, 9.17) is 0 Å². The van der Waals surface area contributed by atoms with Crippen molar-refractivity contribution in [3.63, 3.8) is 0 Å². The van der Waals surface area contributed by atoms with Gasteiger partial charge in [-0.3, -0.25) is 4.79 Å². The molecule has 0 saturated carbocycles. The lowest BCUT2D eigenvalue weighted by Gasteiger charge is -2.05. The number of Topliss-reactive ketones (excluding diaryl/α,β-unsaturated/α-hetero) is 1. The molecule has 0 bridgehead atoms. The number of hydrogen-bond acceptors (Lipinski definition) is 3. The van der Waals surface area contributed by atoms with Crippen molar-refractivity contribution in [2.24, 2.45) is 0 Å². The zero-order valence-corrected chi connectivity index (χ0v) is 9.47. The molecular formula is C12H11NOS. The number of benzene rings is 1. The first-order chi connectivity index (χ1) is 7.22. The van der Waals surface area contributed by atoms with Crippen molar-refractivity contribution in [2.45, 2.75) is 11.9 Å². The predicted octanol–water partition coefficient (Wildman–Crippen LogP) is 3.16. The molecule has 2 nitrogen and oxygen atoms in total. The molecule has 0 aliphatic carbocycles. The lowest BCUT2D eigenvalue weighted by molar-refractivity contribution is 0.101. The number of ketones is 1. The zero-order chi connectivity index (χ0) is 10.8. The van der Waals surface area contributed by atoms with Crippen LogP contribution < -0.4 is 0 Å². The summed E-state index contributed by atoms with van der Waals surface area (Å²) < 4.78 is 0. The number of nitrogens with zero attached hydrogens (tertiary/aromatic N) is 1. The second kappa shape index (κ2) is 4.03. The second-order valence-corrected chi connectivity index (χ2v) is 4.09. The average Bonchev–Trinajstić information content (AvgIpc) is 2.27. The summed E-state index contributed by atoms with van der Waals surface area (Å²) in [4.78, 5) is 15.6. The van der Waals surface area contributed by atoms with Gasteiger partial charge in [0.15, 0.2) is 5.78 Å². The van der Waals surface area contributed by atoms with Crippen LogP contribution >= 0.6 is 11.8 Å². The van der Waals surface area contributed by atoms with Gasteiger partial charge in [-0.1, -0.05) is 24.3 Å². The smallest absolute Gasteiger partial charge is 0.178 e. The summed E-state index contributed by atoms with van der Waals surface area (Å²) in [6.45, 7) is 1.54. The molecule has 15 heavy (non-hydrogen) atoms. The highest BCUT2D eigenvalue weighted by atomic mass is 32.2. The molecule has 0 spiro atoms. The SMILES string of the molecule is CSc1nc(C(C)=O)cc2ccccc12. The van der Waals surface area contributed by atoms with Gasteiger partial charge in [0.05, 0.1) is 0 Å². The first kappa shape index (κ1) is 10.2. The maximum Gasteiger partial charge on any atom is 0.178 e. The van der Waals surface area contributed by atoms with Crippen LogP contribution in [0, 0.1) is 0 Å². The highest BCUT2D eigenvalue weighted by Crippen LogP contribution is 2.25. The summed E-state index contributed by atoms with van der Waals surface area (Å²) in [7, 11) is 0. The molecule has 76 valence electrons. The third-order valence-electron chi connectivity index (χ3n) is 2.26. The fourth-order valence-electron chi connectivity index (χ4n) is 1.50. The molecule has 0 amide bonds. The van der Waals surface area contributed by atoms with E-state index in [2.05, 4.69) is 4.98 Å². The van der Waals surface area contributed by atoms with Crippen molar-refractivity contribution in [1.82, 2.24) is 4.98 Å². The van der Waals surface area contributed by atoms with Crippen LogP contribution in [0.3, 0.4) is 0 Å². The molecule has 2 rings (SSSR count). The van der Waals surface area contributed by atoms with Gasteiger partial charge < -0.3 is 0 Å². The topological polar surface area (TPSA) is 30.0 Å². The third kappa shape index (κ3) is 1.88. The molecular weight excluding hydrogens is 206 g/mol. The van der Waals surface area contributed by atoms with Gasteiger partial charge in [-0.05, 0) is 17.7 Å². The Kier molecular flexibility index (Phi) is 2.73. The lowest BCUT2D eigenvalue weighted by atomic mass is 10.1. The van der Waals surface area contributed by atoms with Crippen LogP contribution in [-0.2, 0) is 0 Å². The van der Waals surface area contributed by atoms with E-state index in [1.54, 1.807) is 18.7 Å². The van der Waals surface area contributed by atoms with Crippen molar-refractivity contribution < 1.29 is 4.79 Å². The predicted molar refractivity (Wildman–Crippen MR) is 63.5 cm³/mol. The second-order valence-electron chi connectivity index (χ2n) is 3.29. The van der Waals surface area contributed by atoms with E-state index in [1.165, 1.54) is 0 Å². The number of hydrogen-bond donors (Lipinski definition) is 0. The molecule has 0 aliphatic heterocycles. The molecule has 0 fully saturated rings. The summed E-state index contributed by atoms with van der Waals surface area (Å²) in [5.74, 6) is 0.0102. The molecule has 0 atom stereocenters. The zero-order valence-electron chi connectivity index (χ0n) is 8.65. The van der Waals surface area contributed by atoms with Crippen LogP contribution in [0.4, 0.5) is 0 Å². The van der Waals surface area contributed by atoms with E-state index < -0.39 is 0 Å². The number of pyridine rings is 1. The quantitative estimate of drug-likeness (QED) is 0.571. The van der Waals surface area contributed by atoms with Crippen molar-refractivity contribution in [1.29, 1.82) is 0 Å². The molecule has 1 aromatic heterocycles. The Balaban J connectivity index is 2.77. The molecule has 1 heterocycles. The summed E-state index contributed by atoms with van der Waals surface area (Å²) in [6, 6.07) is 9.83. The van der Waals surface area contributed by atoms with Gasteiger partial charge in [-0.15, -0.1) is 11.8 Å². The molecule has 2 aromatic rings. The van der Waals surface area contributed by atoms with Gasteiger partial charge in [0, 0.05) is 12.3 Å². The van der Waals surface area contributed by atoms with E-state index in [9.17, 15) is 4.79 Å². The van der Waals surface area contributed by atoms with E-state index in [1.807, 2.05) is 36.6 Å². The molecule has 0 aliphatic rings. The minimum Gasteiger partial charge on any atom is -0.293 e. The summed E-state index contributed by atoms with van der Waals surface area (Å²) in [5, 5.41) is 3.09. The molecule has 0 saturated heterocycles. The van der Waals surface area contributed by atoms with E-state index >= 15 is 0 Å². The van der Waals surface area contributed by atoms with Crippen LogP contribution in [-0.4, -0.2) is 17.0 Å². The van der Waals surface area contributed by atoms with Gasteiger partial charge in [0.2, 0.25) is 0 Å². The Bertz CT molecular complexity index is 522. The van der Waals surface area contributed by atoms with Crippen LogP contribution in [0.5, 0.6) is 0 Å². The molecule has 3 heteroatoms. The number of aromatic nitrogens is 1. The van der Waals surface area contributed by atoms with E-state index in [0.717, 1.165) is 15.8 Å². The normalized spacial score (nSPS) is 10.5. The Morgan fingerprint density at radius 3 is 2.73 bits per heavy atom. The Morgan fingerprint density at radius 2 is 2.07 bits per heavy atom. The van der Waals surface area contributed by atoms with Crippen LogP contribution in [0.1, 0.15) is 17.4 Å². The Hall–Kier alpha value is -1.35. The first-order valence-electron chi connectivity index (χ1n) is 4.67. The maximum atomic E-state index is 11.3. The highest BCUT2D eigenvalue weighted by molar-refractivity contribution is 7.98. The van der Waals surface area contributed by atoms with E-state index in [-0.39, 0.29) is 5.78 Å². The van der Waals surface area contributed by atoms with Crippen molar-refractivity contribution in [2.75, 3.05) is 6.26 Å². The van der Waals surface area contributed by atoms with Gasteiger partial charge in [0.25, 0.3) is 0 Å². The van der Waals surface area contributed by atoms with Crippen molar-refractivity contribution >= 4 is 28.3 Å². The number of fused-ring (bicyclic) bond motifs is 1. The Morgan fingerprint density at radius 1 is 1.33 bits per heavy atom. The number of thioether (sulfide) groups is 1. The number of carbonyl (C=O) groups excluding carboxylic acids is 1. The van der Waals surface area contributed by atoms with Gasteiger partial charge >= 0.3 is 0 Å². The monoisotopic (exact) mass is 217 g/mol. The fourth-order valence-corrected chi connectivity index (χ4v) is 2.10. The van der Waals surface area contributed by atoms with Crippen LogP contribution in [0.15, 0.2) is 35.4 Å². The molecule has 0 N–H and O–H groups in total. The van der Waals surface area contributed by atoms with Crippen LogP contribution in [0.2, 0.25) is 0 Å². The first-order valence-corrected chi connectivity index (χ1v) is 5.89. The van der Waals surface area contributed by atoms with Gasteiger partial charge in [-0.25, -0.2) is 4.98 Å². The third-order valence-corrected chi connectivity index (χ3v) is 2.96. The lowest BCUT2D eigenvalue weighted by Crippen LogP contribution is -1.98. The summed E-state index contributed by atoms with van der Waals surface area (Å²) in [5.41, 5.74) is 0.540. The summed E-state index contributed by atoms with van der Waals surface area (Å²) >= 11 is 1.57. The fraction of sp³-hybridized carbons (Fsp3) is 0.167. The average molecular weight is 217 g/mol. The number of rotatable bonds is 2. The standard InChI is InChI=1S/C12H11NOS/c1-8(14)11-7-9-5-3-4-6-10(9)12(13-11)15-2/h3-7H,1-2H3. The summed E-state index contributed by atoms with van der Waals surface area (Å²) in [6.07, 6.45) is 1.97. The van der Waals surface area contributed by atoms with Crippen molar-refractivity contribution in [3.05, 3.63) is 36.0 Å². The maximum absolute atomic E-state index is 11.3. The Labute approximate surface area is 92.7 Å². The number of carbonyl (C=O) groups is 1.